The average molecular weight is 351 g/mol. The third kappa shape index (κ3) is 3.41. The summed E-state index contributed by atoms with van der Waals surface area (Å²) in [5.41, 5.74) is 5.82. The standard InChI is InChI=1S/C19H22N2.2ClH/c1-14-6-8-15(9-7-14)18-13-21-11-10-20-12-19(21)17-5-3-2-4-16(17)18;;/h2-9,18-20H,10-13H2,1H3;2*1H. The lowest BCUT2D eigenvalue weighted by Gasteiger charge is -2.44. The molecule has 2 atom stereocenters. The van der Waals surface area contributed by atoms with Gasteiger partial charge in [-0.2, -0.15) is 0 Å². The molecule has 124 valence electrons. The smallest absolute Gasteiger partial charge is 0.0476 e. The van der Waals surface area contributed by atoms with Crippen LogP contribution in [0.15, 0.2) is 48.5 Å². The number of halogens is 2. The van der Waals surface area contributed by atoms with Gasteiger partial charge in [0.1, 0.15) is 0 Å². The summed E-state index contributed by atoms with van der Waals surface area (Å²) in [4.78, 5) is 2.66. The van der Waals surface area contributed by atoms with E-state index in [4.69, 9.17) is 0 Å². The summed E-state index contributed by atoms with van der Waals surface area (Å²) in [5.74, 6) is 0.510. The Bertz CT molecular complexity index is 642. The summed E-state index contributed by atoms with van der Waals surface area (Å²) < 4.78 is 0. The number of piperazine rings is 1. The zero-order chi connectivity index (χ0) is 14.2. The van der Waals surface area contributed by atoms with Gasteiger partial charge in [0, 0.05) is 38.1 Å². The van der Waals surface area contributed by atoms with Crippen LogP contribution in [0.3, 0.4) is 0 Å². The minimum atomic E-state index is 0. The van der Waals surface area contributed by atoms with Crippen molar-refractivity contribution in [3.8, 4) is 0 Å². The van der Waals surface area contributed by atoms with Crippen LogP contribution in [0.5, 0.6) is 0 Å². The molecule has 0 aromatic heterocycles. The van der Waals surface area contributed by atoms with Gasteiger partial charge >= 0.3 is 0 Å². The minimum Gasteiger partial charge on any atom is -0.314 e. The van der Waals surface area contributed by atoms with Crippen LogP contribution in [0.1, 0.15) is 34.2 Å². The van der Waals surface area contributed by atoms with Crippen molar-refractivity contribution in [1.82, 2.24) is 10.2 Å². The second-order valence-electron chi connectivity index (χ2n) is 6.31. The van der Waals surface area contributed by atoms with Crippen molar-refractivity contribution in [3.05, 3.63) is 70.8 Å². The molecule has 2 heterocycles. The summed E-state index contributed by atoms with van der Waals surface area (Å²) in [7, 11) is 0. The van der Waals surface area contributed by atoms with E-state index < -0.39 is 0 Å². The van der Waals surface area contributed by atoms with Gasteiger partial charge in [0.2, 0.25) is 0 Å². The van der Waals surface area contributed by atoms with E-state index in [2.05, 4.69) is 65.7 Å². The number of benzene rings is 2. The van der Waals surface area contributed by atoms with E-state index in [1.165, 1.54) is 22.3 Å². The van der Waals surface area contributed by atoms with Gasteiger partial charge in [0.15, 0.2) is 0 Å². The highest BCUT2D eigenvalue weighted by Gasteiger charge is 2.34. The third-order valence-electron chi connectivity index (χ3n) is 4.98. The Kier molecular flexibility index (Phi) is 6.10. The lowest BCUT2D eigenvalue weighted by molar-refractivity contribution is 0.143. The van der Waals surface area contributed by atoms with Crippen molar-refractivity contribution in [2.24, 2.45) is 0 Å². The molecule has 0 aliphatic carbocycles. The number of hydrogen-bond donors (Lipinski definition) is 1. The average Bonchev–Trinajstić information content (AvgIpc) is 2.55. The predicted octanol–water partition coefficient (Wildman–Crippen LogP) is 3.93. The third-order valence-corrected chi connectivity index (χ3v) is 4.98. The van der Waals surface area contributed by atoms with E-state index in [-0.39, 0.29) is 24.8 Å². The maximum atomic E-state index is 3.55. The number of hydrogen-bond acceptors (Lipinski definition) is 2. The van der Waals surface area contributed by atoms with Crippen LogP contribution in [0, 0.1) is 6.92 Å². The maximum Gasteiger partial charge on any atom is 0.0476 e. The first-order valence-corrected chi connectivity index (χ1v) is 7.93. The first kappa shape index (κ1) is 18.3. The predicted molar refractivity (Wildman–Crippen MR) is 101 cm³/mol. The molecule has 2 nitrogen and oxygen atoms in total. The molecule has 1 saturated heterocycles. The second kappa shape index (κ2) is 7.67. The molecule has 23 heavy (non-hydrogen) atoms. The molecule has 4 heteroatoms. The monoisotopic (exact) mass is 350 g/mol. The first-order chi connectivity index (χ1) is 10.3. The molecule has 1 N–H and O–H groups in total. The molecule has 2 aromatic rings. The van der Waals surface area contributed by atoms with Crippen LogP contribution in [-0.2, 0) is 0 Å². The van der Waals surface area contributed by atoms with Crippen molar-refractivity contribution in [2.75, 3.05) is 26.2 Å². The second-order valence-corrected chi connectivity index (χ2v) is 6.31. The molecule has 0 amide bonds. The highest BCUT2D eigenvalue weighted by atomic mass is 35.5. The molecule has 2 aliphatic rings. The quantitative estimate of drug-likeness (QED) is 0.838. The number of rotatable bonds is 1. The molecular formula is C19H24Cl2N2. The van der Waals surface area contributed by atoms with Crippen molar-refractivity contribution >= 4 is 24.8 Å². The van der Waals surface area contributed by atoms with Crippen LogP contribution in [0.2, 0.25) is 0 Å². The van der Waals surface area contributed by atoms with Gasteiger partial charge in [-0.1, -0.05) is 54.1 Å². The van der Waals surface area contributed by atoms with Crippen LogP contribution in [0.25, 0.3) is 0 Å². The summed E-state index contributed by atoms with van der Waals surface area (Å²) in [6.45, 7) is 6.65. The fourth-order valence-electron chi connectivity index (χ4n) is 3.82. The van der Waals surface area contributed by atoms with Crippen molar-refractivity contribution < 1.29 is 0 Å². The van der Waals surface area contributed by atoms with E-state index in [1.807, 2.05) is 0 Å². The number of nitrogens with one attached hydrogen (secondary N) is 1. The SMILES string of the molecule is Cc1ccc(C2CN3CCNCC3c3ccccc32)cc1.Cl.Cl. The van der Waals surface area contributed by atoms with Gasteiger partial charge in [0.25, 0.3) is 0 Å². The largest absolute Gasteiger partial charge is 0.314 e. The van der Waals surface area contributed by atoms with Crippen molar-refractivity contribution in [1.29, 1.82) is 0 Å². The van der Waals surface area contributed by atoms with Gasteiger partial charge < -0.3 is 5.32 Å². The summed E-state index contributed by atoms with van der Waals surface area (Å²) >= 11 is 0. The zero-order valence-corrected chi connectivity index (χ0v) is 15.0. The number of nitrogens with zero attached hydrogens (tertiary/aromatic N) is 1. The Morgan fingerprint density at radius 2 is 1.65 bits per heavy atom. The lowest BCUT2D eigenvalue weighted by Crippen LogP contribution is -2.50. The van der Waals surface area contributed by atoms with Crippen LogP contribution in [-0.4, -0.2) is 31.1 Å². The molecule has 2 unspecified atom stereocenters. The van der Waals surface area contributed by atoms with Crippen molar-refractivity contribution in [2.45, 2.75) is 18.9 Å². The maximum absolute atomic E-state index is 3.55. The Morgan fingerprint density at radius 1 is 0.957 bits per heavy atom. The highest BCUT2D eigenvalue weighted by molar-refractivity contribution is 5.85. The van der Waals surface area contributed by atoms with E-state index >= 15 is 0 Å². The van der Waals surface area contributed by atoms with Gasteiger partial charge in [-0.15, -0.1) is 24.8 Å². The molecule has 0 radical (unpaired) electrons. The van der Waals surface area contributed by atoms with Crippen LogP contribution in [0.4, 0.5) is 0 Å². The van der Waals surface area contributed by atoms with E-state index in [0.29, 0.717) is 12.0 Å². The molecule has 2 aliphatic heterocycles. The zero-order valence-electron chi connectivity index (χ0n) is 13.4. The van der Waals surface area contributed by atoms with E-state index in [1.54, 1.807) is 0 Å². The number of aryl methyl sites for hydroxylation is 1. The summed E-state index contributed by atoms with van der Waals surface area (Å²) in [6.07, 6.45) is 0. The Labute approximate surface area is 151 Å². The van der Waals surface area contributed by atoms with Gasteiger partial charge in [-0.3, -0.25) is 4.90 Å². The molecular weight excluding hydrogens is 327 g/mol. The van der Waals surface area contributed by atoms with Gasteiger partial charge in [-0.05, 0) is 23.6 Å². The molecule has 4 rings (SSSR count). The molecule has 1 fully saturated rings. The molecule has 0 spiro atoms. The van der Waals surface area contributed by atoms with Crippen molar-refractivity contribution in [3.63, 3.8) is 0 Å². The molecule has 0 saturated carbocycles. The number of fused-ring (bicyclic) bond motifs is 3. The summed E-state index contributed by atoms with van der Waals surface area (Å²) in [6, 6.07) is 18.7. The van der Waals surface area contributed by atoms with Gasteiger partial charge in [-0.25, -0.2) is 0 Å². The fraction of sp³-hybridized carbons (Fsp3) is 0.368. The fourth-order valence-corrected chi connectivity index (χ4v) is 3.82. The van der Waals surface area contributed by atoms with Crippen LogP contribution < -0.4 is 5.32 Å². The van der Waals surface area contributed by atoms with Crippen LogP contribution >= 0.6 is 24.8 Å². The Balaban J connectivity index is 0.000000960. The summed E-state index contributed by atoms with van der Waals surface area (Å²) in [5, 5.41) is 3.55. The topological polar surface area (TPSA) is 15.3 Å². The normalized spacial score (nSPS) is 23.0. The minimum absolute atomic E-state index is 0. The highest BCUT2D eigenvalue weighted by Crippen LogP contribution is 2.39. The van der Waals surface area contributed by atoms with E-state index in [0.717, 1.165) is 26.2 Å². The van der Waals surface area contributed by atoms with E-state index in [9.17, 15) is 0 Å². The van der Waals surface area contributed by atoms with Gasteiger partial charge in [0.05, 0.1) is 0 Å². The molecule has 2 aromatic carbocycles. The Morgan fingerprint density at radius 3 is 2.39 bits per heavy atom. The molecule has 0 bridgehead atoms. The Hall–Kier alpha value is -1.06. The lowest BCUT2D eigenvalue weighted by atomic mass is 9.80. The first-order valence-electron chi connectivity index (χ1n) is 7.93.